The predicted octanol–water partition coefficient (Wildman–Crippen LogP) is -1.33. The molecule has 4 N–H and O–H groups in total. The standard InChI is InChI=1S/C7H6O5.Ca.Sr.Zn.4H/c8-4-1-3(7(11)12)2-5(9)6(4)10;;;;;;;/h1-2,8-10H,(H,11,12);;;;;;;. The van der Waals surface area contributed by atoms with Crippen LogP contribution in [-0.4, -0.2) is 110 Å². The van der Waals surface area contributed by atoms with Gasteiger partial charge in [0.15, 0.2) is 17.2 Å². The number of benzene rings is 1. The molecule has 0 aromatic heterocycles. The van der Waals surface area contributed by atoms with Crippen molar-refractivity contribution in [1.29, 1.82) is 0 Å². The number of carboxylic acids is 1. The number of hydrogen-bond donors (Lipinski definition) is 4. The van der Waals surface area contributed by atoms with Crippen LogP contribution in [0.4, 0.5) is 0 Å². The summed E-state index contributed by atoms with van der Waals surface area (Å²) in [5.74, 6) is -3.33. The molecular formula is C7H10CaO5SrZn. The molecule has 0 saturated heterocycles. The van der Waals surface area contributed by atoms with Gasteiger partial charge in [-0.05, 0) is 12.1 Å². The number of aromatic carboxylic acids is 1. The van der Waals surface area contributed by atoms with E-state index in [1.54, 1.807) is 0 Å². The molecule has 0 aliphatic rings. The Balaban J connectivity index is -0.000000480. The van der Waals surface area contributed by atoms with E-state index in [0.29, 0.717) is 0 Å². The molecule has 0 saturated carbocycles. The summed E-state index contributed by atoms with van der Waals surface area (Å²) in [7, 11) is 0. The molecule has 0 unspecified atom stereocenters. The number of hydrogen-bond acceptors (Lipinski definition) is 4. The third kappa shape index (κ3) is 6.08. The molecule has 0 spiro atoms. The number of phenols is 3. The first-order valence-electron chi connectivity index (χ1n) is 3.00. The van der Waals surface area contributed by atoms with E-state index in [1.165, 1.54) is 0 Å². The molecule has 0 radical (unpaired) electrons. The largest absolute Gasteiger partial charge is 0 e. The molecule has 8 heteroatoms. The van der Waals surface area contributed by atoms with E-state index in [9.17, 15) is 4.79 Å². The van der Waals surface area contributed by atoms with Crippen molar-refractivity contribution in [1.82, 2.24) is 0 Å². The van der Waals surface area contributed by atoms with Gasteiger partial charge in [0.2, 0.25) is 0 Å². The van der Waals surface area contributed by atoms with E-state index in [4.69, 9.17) is 20.4 Å². The average molecular weight is 367 g/mol. The van der Waals surface area contributed by atoms with Crippen LogP contribution in [0.2, 0.25) is 0 Å². The molecule has 0 aliphatic heterocycles. The van der Waals surface area contributed by atoms with E-state index in [0.717, 1.165) is 12.1 Å². The second-order valence-corrected chi connectivity index (χ2v) is 2.17. The van der Waals surface area contributed by atoms with Crippen LogP contribution in [-0.2, 0) is 19.5 Å². The maximum atomic E-state index is 10.3. The SMILES string of the molecule is O=C(O)c1cc(O)c(O)c(O)c1.[CaH2].[SrH2].[Zn]. The second-order valence-electron chi connectivity index (χ2n) is 2.17. The van der Waals surface area contributed by atoms with Crippen molar-refractivity contribution in [3.8, 4) is 17.2 Å². The zero-order valence-corrected chi connectivity index (χ0v) is 9.53. The number of rotatable bonds is 1. The van der Waals surface area contributed by atoms with Crippen molar-refractivity contribution in [3.63, 3.8) is 0 Å². The summed E-state index contributed by atoms with van der Waals surface area (Å²) in [4.78, 5) is 10.3. The Morgan fingerprint density at radius 2 is 1.40 bits per heavy atom. The number of carboxylic acid groups (broad SMARTS) is 1. The first-order valence-corrected chi connectivity index (χ1v) is 3.00. The topological polar surface area (TPSA) is 98.0 Å². The van der Waals surface area contributed by atoms with Crippen molar-refractivity contribution in [2.75, 3.05) is 0 Å². The van der Waals surface area contributed by atoms with Gasteiger partial charge in [0.25, 0.3) is 0 Å². The van der Waals surface area contributed by atoms with Gasteiger partial charge in [-0.15, -0.1) is 0 Å². The van der Waals surface area contributed by atoms with Gasteiger partial charge in [-0.3, -0.25) is 0 Å². The maximum absolute atomic E-state index is 10.3. The molecule has 0 atom stereocenters. The second kappa shape index (κ2) is 9.48. The summed E-state index contributed by atoms with van der Waals surface area (Å²) in [5.41, 5.74) is -0.289. The van der Waals surface area contributed by atoms with Crippen LogP contribution in [0.25, 0.3) is 0 Å². The van der Waals surface area contributed by atoms with Crippen molar-refractivity contribution in [3.05, 3.63) is 17.7 Å². The van der Waals surface area contributed by atoms with Gasteiger partial charge in [0, 0.05) is 19.5 Å². The Hall–Kier alpha value is 1.45. The van der Waals surface area contributed by atoms with Gasteiger partial charge in [-0.2, -0.15) is 0 Å². The minimum absolute atomic E-state index is 0. The van der Waals surface area contributed by atoms with Crippen LogP contribution in [0.15, 0.2) is 12.1 Å². The normalized spacial score (nSPS) is 7.73. The molecule has 1 aromatic carbocycles. The average Bonchev–Trinajstić information content (AvgIpc) is 1.99. The van der Waals surface area contributed by atoms with Gasteiger partial charge in [0.05, 0.1) is 5.56 Å². The van der Waals surface area contributed by atoms with E-state index in [-0.39, 0.29) is 108 Å². The van der Waals surface area contributed by atoms with Crippen molar-refractivity contribution in [2.45, 2.75) is 0 Å². The fourth-order valence-electron chi connectivity index (χ4n) is 0.728. The maximum Gasteiger partial charge on any atom is 0 e. The Bertz CT molecular complexity index is 323. The van der Waals surface area contributed by atoms with Gasteiger partial charge in [0.1, 0.15) is 0 Å². The molecule has 0 aliphatic carbocycles. The van der Waals surface area contributed by atoms with Gasteiger partial charge < -0.3 is 20.4 Å². The van der Waals surface area contributed by atoms with E-state index < -0.39 is 23.2 Å². The molecule has 0 bridgehead atoms. The van der Waals surface area contributed by atoms with E-state index in [2.05, 4.69) is 0 Å². The minimum Gasteiger partial charge on any atom is 0 e. The smallest absolute Gasteiger partial charge is 0 e. The molecular weight excluding hydrogens is 357 g/mol. The van der Waals surface area contributed by atoms with Crippen LogP contribution in [0, 0.1) is 0 Å². The summed E-state index contributed by atoms with van der Waals surface area (Å²) < 4.78 is 0. The zero-order chi connectivity index (χ0) is 9.30. The monoisotopic (exact) mass is 366 g/mol. The Morgan fingerprint density at radius 3 is 1.67 bits per heavy atom. The quantitative estimate of drug-likeness (QED) is 0.364. The molecule has 5 nitrogen and oxygen atoms in total. The van der Waals surface area contributed by atoms with Crippen LogP contribution in [0.5, 0.6) is 17.2 Å². The van der Waals surface area contributed by atoms with Crippen LogP contribution < -0.4 is 0 Å². The summed E-state index contributed by atoms with van der Waals surface area (Å²) >= 11 is 0. The Kier molecular flexibility index (Phi) is 13.7. The Labute approximate surface area is 166 Å². The summed E-state index contributed by atoms with van der Waals surface area (Å²) in [5, 5.41) is 35.0. The molecule has 1 rings (SSSR count). The predicted molar refractivity (Wildman–Crippen MR) is 55.5 cm³/mol. The molecule has 0 amide bonds. The van der Waals surface area contributed by atoms with Crippen molar-refractivity contribution in [2.24, 2.45) is 0 Å². The number of carbonyl (C=O) groups is 1. The fraction of sp³-hybridized carbons (Fsp3) is 0. The Morgan fingerprint density at radius 1 is 1.07 bits per heavy atom. The van der Waals surface area contributed by atoms with Gasteiger partial charge in [-0.1, -0.05) is 0 Å². The number of aromatic hydroxyl groups is 3. The minimum atomic E-state index is -1.29. The van der Waals surface area contributed by atoms with Gasteiger partial charge in [-0.25, -0.2) is 4.79 Å². The van der Waals surface area contributed by atoms with Crippen molar-refractivity contribution < 1.29 is 44.7 Å². The molecule has 1 aromatic rings. The fourth-order valence-corrected chi connectivity index (χ4v) is 0.728. The van der Waals surface area contributed by atoms with E-state index >= 15 is 0 Å². The van der Waals surface area contributed by atoms with Gasteiger partial charge >= 0.3 is 89.2 Å². The summed E-state index contributed by atoms with van der Waals surface area (Å²) in [6, 6.07) is 1.69. The summed E-state index contributed by atoms with van der Waals surface area (Å²) in [6.45, 7) is 0. The van der Waals surface area contributed by atoms with E-state index in [1.807, 2.05) is 0 Å². The first kappa shape index (κ1) is 21.7. The third-order valence-corrected chi connectivity index (χ3v) is 1.32. The molecule has 74 valence electrons. The van der Waals surface area contributed by atoms with Crippen LogP contribution in [0.3, 0.4) is 0 Å². The molecule has 15 heavy (non-hydrogen) atoms. The van der Waals surface area contributed by atoms with Crippen LogP contribution in [0.1, 0.15) is 10.4 Å². The molecule has 0 heterocycles. The summed E-state index contributed by atoms with van der Waals surface area (Å²) in [6.07, 6.45) is 0. The first-order chi connectivity index (χ1) is 5.52. The number of phenolic OH excluding ortho intramolecular Hbond substituents is 3. The van der Waals surface area contributed by atoms with Crippen LogP contribution >= 0.6 is 0 Å². The third-order valence-electron chi connectivity index (χ3n) is 1.32. The van der Waals surface area contributed by atoms with Crippen molar-refractivity contribution >= 4 is 89.2 Å². The molecule has 0 fully saturated rings. The zero-order valence-electron chi connectivity index (χ0n) is 6.56.